The number of nitrogen functional groups attached to an aromatic ring is 1. The zero-order valence-corrected chi connectivity index (χ0v) is 31.2. The van der Waals surface area contributed by atoms with Crippen molar-refractivity contribution in [2.24, 2.45) is 0 Å². The van der Waals surface area contributed by atoms with E-state index in [0.717, 1.165) is 42.8 Å². The molecule has 282 valence electrons. The number of aromatic amines is 1. The maximum Gasteiger partial charge on any atom is 0.282 e. The summed E-state index contributed by atoms with van der Waals surface area (Å²) in [6, 6.07) is 21.0. The van der Waals surface area contributed by atoms with Gasteiger partial charge in [0.05, 0.1) is 27.0 Å². The molecule has 4 aliphatic heterocycles. The molecular formula is C35H31N13O6P2. The predicted octanol–water partition coefficient (Wildman–Crippen LogP) is 6.76. The van der Waals surface area contributed by atoms with Crippen molar-refractivity contribution in [3.05, 3.63) is 155 Å². The van der Waals surface area contributed by atoms with Crippen molar-refractivity contribution >= 4 is 68.9 Å². The molecule has 10 heterocycles. The number of rotatable bonds is 2. The van der Waals surface area contributed by atoms with Gasteiger partial charge in [0.15, 0.2) is 11.6 Å². The van der Waals surface area contributed by atoms with Crippen molar-refractivity contribution in [1.82, 2.24) is 48.0 Å². The monoisotopic (exact) mass is 791 g/mol. The minimum absolute atomic E-state index is 0.0576. The highest BCUT2D eigenvalue weighted by molar-refractivity contribution is 7.15. The molecular weight excluding hydrogens is 760 g/mol. The van der Waals surface area contributed by atoms with Gasteiger partial charge in [0.1, 0.15) is 16.9 Å². The van der Waals surface area contributed by atoms with Crippen molar-refractivity contribution in [1.29, 1.82) is 0 Å². The first-order valence-corrected chi connectivity index (χ1v) is 17.2. The number of hydrogen-bond donors (Lipinski definition) is 4. The van der Waals surface area contributed by atoms with E-state index in [-0.39, 0.29) is 17.2 Å². The molecule has 10 rings (SSSR count). The maximum absolute atomic E-state index is 10.6. The molecule has 6 aromatic heterocycles. The zero-order chi connectivity index (χ0) is 39.8. The second-order valence-corrected chi connectivity index (χ2v) is 12.5. The first kappa shape index (κ1) is 38.2. The van der Waals surface area contributed by atoms with Gasteiger partial charge in [-0.3, -0.25) is 20.2 Å². The average molecular weight is 792 g/mol. The average Bonchev–Trinajstić information content (AvgIpc) is 4.05. The van der Waals surface area contributed by atoms with Gasteiger partial charge in [0.25, 0.3) is 11.4 Å². The van der Waals surface area contributed by atoms with Gasteiger partial charge >= 0.3 is 0 Å². The van der Waals surface area contributed by atoms with Crippen molar-refractivity contribution < 1.29 is 20.3 Å². The molecule has 0 saturated heterocycles. The predicted molar refractivity (Wildman–Crippen MR) is 216 cm³/mol. The Morgan fingerprint density at radius 1 is 0.625 bits per heavy atom. The fourth-order valence-electron chi connectivity index (χ4n) is 5.29. The van der Waals surface area contributed by atoms with Crippen LogP contribution in [0.2, 0.25) is 0 Å². The number of anilines is 1. The van der Waals surface area contributed by atoms with Gasteiger partial charge < -0.3 is 29.8 Å². The number of aromatic nitrogens is 10. The first-order chi connectivity index (χ1) is 27.0. The van der Waals surface area contributed by atoms with Crippen LogP contribution in [0, 0.1) is 20.2 Å². The van der Waals surface area contributed by atoms with Gasteiger partial charge in [0, 0.05) is 89.9 Å². The van der Waals surface area contributed by atoms with E-state index in [1.165, 1.54) is 36.8 Å². The van der Waals surface area contributed by atoms with Crippen LogP contribution in [-0.2, 0) is 0 Å². The first-order valence-electron chi connectivity index (χ1n) is 16.1. The number of fused-ring (bicyclic) bond motifs is 5. The van der Waals surface area contributed by atoms with Crippen LogP contribution < -0.4 is 5.73 Å². The van der Waals surface area contributed by atoms with Gasteiger partial charge in [-0.1, -0.05) is 0 Å². The fraction of sp³-hybridized carbons (Fsp3) is 0. The molecule has 5 N–H and O–H groups in total. The molecule has 0 amide bonds. The summed E-state index contributed by atoms with van der Waals surface area (Å²) < 4.78 is 5.30. The quantitative estimate of drug-likeness (QED) is 0.0613. The van der Waals surface area contributed by atoms with Crippen LogP contribution in [0.3, 0.4) is 0 Å². The topological polar surface area (TPSA) is 253 Å². The third-order valence-corrected chi connectivity index (χ3v) is 8.76. The van der Waals surface area contributed by atoms with E-state index in [0.29, 0.717) is 22.4 Å². The molecule has 2 atom stereocenters. The van der Waals surface area contributed by atoms with E-state index in [1.54, 1.807) is 53.5 Å². The number of H-pyrrole nitrogens is 1. The summed E-state index contributed by atoms with van der Waals surface area (Å²) in [4.78, 5) is 43.2. The van der Waals surface area contributed by atoms with Gasteiger partial charge in [-0.25, -0.2) is 24.9 Å². The molecule has 4 aliphatic rings. The third-order valence-electron chi connectivity index (χ3n) is 7.93. The lowest BCUT2D eigenvalue weighted by Gasteiger charge is -2.03. The molecule has 21 heteroatoms. The summed E-state index contributed by atoms with van der Waals surface area (Å²) in [5.74, 6) is 0.789. The fourth-order valence-corrected chi connectivity index (χ4v) is 5.88. The Bertz CT molecular complexity index is 2800. The van der Waals surface area contributed by atoms with Crippen molar-refractivity contribution in [3.63, 3.8) is 0 Å². The lowest BCUT2D eigenvalue weighted by molar-refractivity contribution is -0.384. The molecule has 19 nitrogen and oxygen atoms in total. The van der Waals surface area contributed by atoms with Crippen molar-refractivity contribution in [2.75, 3.05) is 5.73 Å². The second kappa shape index (κ2) is 17.1. The van der Waals surface area contributed by atoms with E-state index < -0.39 is 9.85 Å². The Balaban J connectivity index is 0.000000119. The molecule has 0 aliphatic carbocycles. The molecule has 0 saturated carbocycles. The molecule has 0 radical (unpaired) electrons. The van der Waals surface area contributed by atoms with Gasteiger partial charge in [-0.05, 0) is 79.4 Å². The third kappa shape index (κ3) is 8.49. The summed E-state index contributed by atoms with van der Waals surface area (Å²) in [5.41, 5.74) is 10.2. The summed E-state index contributed by atoms with van der Waals surface area (Å²) in [5, 5.41) is 42.1. The summed E-state index contributed by atoms with van der Waals surface area (Å²) in [6.07, 6.45) is 16.2. The Morgan fingerprint density at radius 2 is 1.27 bits per heavy atom. The lowest BCUT2D eigenvalue weighted by Crippen LogP contribution is -2.01. The van der Waals surface area contributed by atoms with E-state index >= 15 is 0 Å². The highest BCUT2D eigenvalue weighted by atomic mass is 31.0. The largest absolute Gasteiger partial charge is 0.427 e. The Labute approximate surface area is 320 Å². The van der Waals surface area contributed by atoms with E-state index in [2.05, 4.69) is 48.7 Å². The number of pyridine rings is 5. The maximum atomic E-state index is 10.6. The zero-order valence-electron chi connectivity index (χ0n) is 28.9. The summed E-state index contributed by atoms with van der Waals surface area (Å²) in [6.45, 7) is 0. The second-order valence-electron chi connectivity index (χ2n) is 11.4. The van der Waals surface area contributed by atoms with Gasteiger partial charge in [-0.15, -0.1) is 0 Å². The van der Waals surface area contributed by atoms with Crippen LogP contribution in [-0.4, -0.2) is 68.3 Å². The summed E-state index contributed by atoms with van der Waals surface area (Å²) >= 11 is 0. The number of nitrogens with zero attached hydrogens (tertiary/aromatic N) is 11. The SMILES string of the molecule is Nc1ccnc2c1ccn2P.O=[N+]([O-])c1ccn(O)c2nccc1-2.O=[N+]([O-])c1ccnc2c1ccn2P.On1cccc2ccnc1-2.c1cnc2[nH]ccc2c1. The molecule has 2 unspecified atom stereocenters. The number of nitrogens with two attached hydrogens (primary N) is 1. The number of nitrogens with one attached hydrogen (secondary N) is 1. The van der Waals surface area contributed by atoms with E-state index in [9.17, 15) is 25.4 Å². The molecule has 6 aromatic rings. The van der Waals surface area contributed by atoms with Crippen LogP contribution in [0.25, 0.3) is 55.9 Å². The minimum Gasteiger partial charge on any atom is -0.427 e. The molecule has 0 spiro atoms. The van der Waals surface area contributed by atoms with Crippen LogP contribution >= 0.6 is 18.8 Å². The normalized spacial score (nSPS) is 10.5. The Morgan fingerprint density at radius 3 is 1.96 bits per heavy atom. The highest BCUT2D eigenvalue weighted by Gasteiger charge is 2.20. The standard InChI is InChI=1S/C7H5N3O3.C7H6N3O2P.C7H8N3P.C7H6N2O.C7H6N2/c11-9-4-2-6(10(12)13)5-1-3-8-7(5)9;11-10(12)6-1-3-8-7-5(6)2-4-9(7)13;8-6-1-3-9-7-5(6)2-4-10(7)11;10-9-5-1-2-6-3-4-8-7(6)9;1-2-6-3-5-9-7(6)8-4-1/h1-4,11H;1-4H,13H2;1-4H,11H2,(H2,8,9);1-5,10H;1-5H,(H,8,9). The Hall–Kier alpha value is -7.49. The van der Waals surface area contributed by atoms with Crippen LogP contribution in [0.1, 0.15) is 0 Å². The summed E-state index contributed by atoms with van der Waals surface area (Å²) in [7, 11) is 4.97. The number of nitro groups is 2. The number of hydrogen-bond acceptors (Lipinski definition) is 12. The molecule has 0 fully saturated rings. The van der Waals surface area contributed by atoms with Crippen LogP contribution in [0.4, 0.5) is 17.1 Å². The smallest absolute Gasteiger partial charge is 0.282 e. The van der Waals surface area contributed by atoms with Crippen molar-refractivity contribution in [3.8, 4) is 22.8 Å². The van der Waals surface area contributed by atoms with Crippen LogP contribution in [0.5, 0.6) is 0 Å². The highest BCUT2D eigenvalue weighted by Crippen LogP contribution is 2.29. The van der Waals surface area contributed by atoms with Crippen LogP contribution in [0.15, 0.2) is 135 Å². The van der Waals surface area contributed by atoms with Crippen molar-refractivity contribution in [2.45, 2.75) is 0 Å². The van der Waals surface area contributed by atoms with Gasteiger partial charge in [-0.2, -0.15) is 9.46 Å². The lowest BCUT2D eigenvalue weighted by atomic mass is 10.2. The molecule has 0 bridgehead atoms. The van der Waals surface area contributed by atoms with E-state index in [1.807, 2.05) is 53.1 Å². The van der Waals surface area contributed by atoms with Gasteiger partial charge in [0.2, 0.25) is 0 Å². The molecule has 56 heavy (non-hydrogen) atoms. The minimum atomic E-state index is -0.510. The Kier molecular flexibility index (Phi) is 11.7. The van der Waals surface area contributed by atoms with E-state index in [4.69, 9.17) is 10.9 Å². The molecule has 0 aromatic carbocycles.